The second-order valence-electron chi connectivity index (χ2n) is 6.41. The summed E-state index contributed by atoms with van der Waals surface area (Å²) >= 11 is 1.30. The van der Waals surface area contributed by atoms with Gasteiger partial charge in [0.2, 0.25) is 0 Å². The van der Waals surface area contributed by atoms with Crippen LogP contribution in [0.15, 0.2) is 40.2 Å². The van der Waals surface area contributed by atoms with Gasteiger partial charge in [-0.25, -0.2) is 9.97 Å². The summed E-state index contributed by atoms with van der Waals surface area (Å²) < 4.78 is 1.69. The van der Waals surface area contributed by atoms with Crippen molar-refractivity contribution in [3.63, 3.8) is 0 Å². The van der Waals surface area contributed by atoms with Gasteiger partial charge in [-0.15, -0.1) is 11.3 Å². The normalized spacial score (nSPS) is 11.7. The summed E-state index contributed by atoms with van der Waals surface area (Å²) in [6, 6.07) is 8.01. The molecule has 1 aromatic carbocycles. The minimum Gasteiger partial charge on any atom is -0.266 e. The Hall–Kier alpha value is -3.46. The van der Waals surface area contributed by atoms with Crippen LogP contribution in [0.2, 0.25) is 0 Å². The molecular weight excluding hydrogens is 378 g/mol. The summed E-state index contributed by atoms with van der Waals surface area (Å²) in [6.07, 6.45) is 1.41. The Morgan fingerprint density at radius 1 is 1.21 bits per heavy atom. The minimum absolute atomic E-state index is 0.0389. The van der Waals surface area contributed by atoms with Gasteiger partial charge in [0.15, 0.2) is 0 Å². The fourth-order valence-corrected chi connectivity index (χ4v) is 4.27. The number of nitro groups is 1. The number of pyridine rings is 1. The third-order valence-electron chi connectivity index (χ3n) is 4.33. The number of rotatable bonds is 3. The third kappa shape index (κ3) is 2.95. The first kappa shape index (κ1) is 17.9. The highest BCUT2D eigenvalue weighted by Crippen LogP contribution is 2.32. The molecule has 0 amide bonds. The van der Waals surface area contributed by atoms with Crippen LogP contribution in [-0.2, 0) is 0 Å². The summed E-state index contributed by atoms with van der Waals surface area (Å²) in [5, 5.41) is 16.0. The number of nitrogens with zero attached hydrogens (tertiary/aromatic N) is 5. The monoisotopic (exact) mass is 393 g/mol. The summed E-state index contributed by atoms with van der Waals surface area (Å²) in [4.78, 5) is 33.3. The molecule has 140 valence electrons. The molecule has 0 saturated carbocycles. The second-order valence-corrected chi connectivity index (χ2v) is 7.41. The third-order valence-corrected chi connectivity index (χ3v) is 5.39. The van der Waals surface area contributed by atoms with Gasteiger partial charge in [-0.05, 0) is 32.4 Å². The topological polar surface area (TPSA) is 103 Å². The second kappa shape index (κ2) is 6.61. The van der Waals surface area contributed by atoms with E-state index in [-0.39, 0.29) is 11.2 Å². The van der Waals surface area contributed by atoms with Crippen LogP contribution in [0.5, 0.6) is 0 Å². The number of non-ortho nitro benzene ring substituents is 1. The molecule has 9 heteroatoms. The maximum absolute atomic E-state index is 13.0. The molecule has 0 N–H and O–H groups in total. The van der Waals surface area contributed by atoms with E-state index in [2.05, 4.69) is 15.1 Å². The minimum atomic E-state index is -0.475. The molecule has 4 rings (SSSR count). The number of aryl methyl sites for hydroxylation is 3. The zero-order chi connectivity index (χ0) is 20.0. The van der Waals surface area contributed by atoms with Crippen LogP contribution >= 0.6 is 11.3 Å². The van der Waals surface area contributed by atoms with E-state index in [0.29, 0.717) is 21.6 Å². The van der Waals surface area contributed by atoms with Gasteiger partial charge in [0, 0.05) is 28.8 Å². The molecule has 0 fully saturated rings. The van der Waals surface area contributed by atoms with Gasteiger partial charge in [-0.1, -0.05) is 12.1 Å². The molecule has 0 spiro atoms. The fraction of sp³-hybridized carbons (Fsp3) is 0.158. The van der Waals surface area contributed by atoms with Crippen molar-refractivity contribution in [2.45, 2.75) is 20.8 Å². The smallest absolute Gasteiger partial charge is 0.266 e. The Balaban J connectivity index is 1.88. The summed E-state index contributed by atoms with van der Waals surface area (Å²) in [7, 11) is 0. The van der Waals surface area contributed by atoms with E-state index in [1.165, 1.54) is 34.4 Å². The van der Waals surface area contributed by atoms with Gasteiger partial charge in [0.05, 0.1) is 16.7 Å². The maximum Gasteiger partial charge on any atom is 0.292 e. The first-order valence-corrected chi connectivity index (χ1v) is 9.25. The molecule has 0 atom stereocenters. The van der Waals surface area contributed by atoms with E-state index in [9.17, 15) is 14.9 Å². The Morgan fingerprint density at radius 3 is 2.75 bits per heavy atom. The number of thiophene rings is 1. The molecule has 3 aromatic heterocycles. The molecule has 0 aliphatic heterocycles. The Bertz CT molecular complexity index is 1350. The van der Waals surface area contributed by atoms with Crippen molar-refractivity contribution in [1.29, 1.82) is 0 Å². The van der Waals surface area contributed by atoms with Crippen molar-refractivity contribution in [2.75, 3.05) is 0 Å². The van der Waals surface area contributed by atoms with E-state index in [1.807, 2.05) is 19.9 Å². The van der Waals surface area contributed by atoms with Crippen molar-refractivity contribution >= 4 is 43.7 Å². The molecule has 0 radical (unpaired) electrons. The van der Waals surface area contributed by atoms with Gasteiger partial charge >= 0.3 is 0 Å². The van der Waals surface area contributed by atoms with Gasteiger partial charge in [0.1, 0.15) is 15.4 Å². The average Bonchev–Trinajstić information content (AvgIpc) is 3.00. The summed E-state index contributed by atoms with van der Waals surface area (Å²) in [5.41, 5.74) is 2.74. The lowest BCUT2D eigenvalue weighted by Gasteiger charge is -2.04. The largest absolute Gasteiger partial charge is 0.292 e. The van der Waals surface area contributed by atoms with Gasteiger partial charge < -0.3 is 0 Å². The Morgan fingerprint density at radius 2 is 2.00 bits per heavy atom. The predicted octanol–water partition coefficient (Wildman–Crippen LogP) is 3.72. The van der Waals surface area contributed by atoms with Gasteiger partial charge in [-0.3, -0.25) is 14.9 Å². The Kier molecular flexibility index (Phi) is 4.23. The van der Waals surface area contributed by atoms with Crippen LogP contribution < -0.4 is 5.56 Å². The van der Waals surface area contributed by atoms with E-state index in [1.54, 1.807) is 19.1 Å². The first-order chi connectivity index (χ1) is 13.3. The molecule has 8 nitrogen and oxygen atoms in total. The molecule has 0 aliphatic carbocycles. The SMILES string of the molecule is Cc1cc(C)c2c(n1)sc1c(=O)n(/N=C/c3cccc([N+](=O)[O-])c3)c(C)nc12. The van der Waals surface area contributed by atoms with Gasteiger partial charge in [0.25, 0.3) is 11.2 Å². The van der Waals surface area contributed by atoms with Crippen LogP contribution in [0, 0.1) is 30.9 Å². The quantitative estimate of drug-likeness (QED) is 0.300. The average molecular weight is 393 g/mol. The van der Waals surface area contributed by atoms with E-state index < -0.39 is 4.92 Å². The molecule has 0 aliphatic rings. The van der Waals surface area contributed by atoms with Crippen molar-refractivity contribution < 1.29 is 4.92 Å². The number of benzene rings is 1. The number of hydrogen-bond donors (Lipinski definition) is 0. The first-order valence-electron chi connectivity index (χ1n) is 8.44. The molecular formula is C19H15N5O3S. The lowest BCUT2D eigenvalue weighted by atomic mass is 10.1. The lowest BCUT2D eigenvalue weighted by Crippen LogP contribution is -2.19. The zero-order valence-corrected chi connectivity index (χ0v) is 16.1. The van der Waals surface area contributed by atoms with Crippen LogP contribution in [0.3, 0.4) is 0 Å². The molecule has 4 aromatic rings. The van der Waals surface area contributed by atoms with Crippen LogP contribution in [0.25, 0.3) is 20.4 Å². The van der Waals surface area contributed by atoms with Crippen LogP contribution in [-0.4, -0.2) is 25.8 Å². The van der Waals surface area contributed by atoms with E-state index in [0.717, 1.165) is 21.5 Å². The lowest BCUT2D eigenvalue weighted by molar-refractivity contribution is -0.384. The van der Waals surface area contributed by atoms with E-state index >= 15 is 0 Å². The van der Waals surface area contributed by atoms with Crippen molar-refractivity contribution in [3.8, 4) is 0 Å². The standard InChI is InChI=1S/C19H15N5O3S/c1-10-7-11(2)21-18-15(10)16-17(28-18)19(25)23(12(3)22-16)20-9-13-5-4-6-14(8-13)24(26)27/h4-9H,1-3H3/b20-9+. The van der Waals surface area contributed by atoms with Crippen molar-refractivity contribution in [1.82, 2.24) is 14.6 Å². The molecule has 28 heavy (non-hydrogen) atoms. The van der Waals surface area contributed by atoms with Gasteiger partial charge in [-0.2, -0.15) is 9.78 Å². The highest BCUT2D eigenvalue weighted by atomic mass is 32.1. The van der Waals surface area contributed by atoms with Crippen molar-refractivity contribution in [3.05, 3.63) is 73.4 Å². The summed E-state index contributed by atoms with van der Waals surface area (Å²) in [6.45, 7) is 5.59. The van der Waals surface area contributed by atoms with E-state index in [4.69, 9.17) is 0 Å². The van der Waals surface area contributed by atoms with Crippen LogP contribution in [0.4, 0.5) is 5.69 Å². The zero-order valence-electron chi connectivity index (χ0n) is 15.3. The maximum atomic E-state index is 13.0. The highest BCUT2D eigenvalue weighted by Gasteiger charge is 2.16. The molecule has 0 bridgehead atoms. The number of aromatic nitrogens is 3. The number of hydrogen-bond acceptors (Lipinski definition) is 7. The molecule has 0 saturated heterocycles. The highest BCUT2D eigenvalue weighted by molar-refractivity contribution is 7.25. The Labute approximate surface area is 163 Å². The number of nitro benzene ring substituents is 1. The fourth-order valence-electron chi connectivity index (χ4n) is 3.11. The van der Waals surface area contributed by atoms with Crippen molar-refractivity contribution in [2.24, 2.45) is 5.10 Å². The predicted molar refractivity (Wildman–Crippen MR) is 109 cm³/mol. The van der Waals surface area contributed by atoms with Crippen LogP contribution in [0.1, 0.15) is 22.6 Å². The number of fused-ring (bicyclic) bond motifs is 3. The molecule has 3 heterocycles. The summed E-state index contributed by atoms with van der Waals surface area (Å²) in [5.74, 6) is 0.429. The molecule has 0 unspecified atom stereocenters.